The van der Waals surface area contributed by atoms with Crippen LogP contribution in [0, 0.1) is 6.92 Å². The molecule has 0 spiro atoms. The Morgan fingerprint density at radius 2 is 1.93 bits per heavy atom. The van der Waals surface area contributed by atoms with E-state index < -0.39 is 0 Å². The Morgan fingerprint density at radius 3 is 2.56 bits per heavy atom. The largest absolute Gasteiger partial charge is 0.325 e. The minimum atomic E-state index is -0.224. The van der Waals surface area contributed by atoms with Crippen molar-refractivity contribution in [2.24, 2.45) is 0 Å². The van der Waals surface area contributed by atoms with Gasteiger partial charge in [-0.15, -0.1) is 10.2 Å². The molecular weight excluding hydrogens is 356 g/mol. The van der Waals surface area contributed by atoms with Gasteiger partial charge in [0.2, 0.25) is 5.91 Å². The van der Waals surface area contributed by atoms with Gasteiger partial charge in [0.15, 0.2) is 5.16 Å². The van der Waals surface area contributed by atoms with Gasteiger partial charge in [-0.2, -0.15) is 0 Å². The molecule has 0 radical (unpaired) electrons. The minimum Gasteiger partial charge on any atom is -0.325 e. The van der Waals surface area contributed by atoms with Crippen molar-refractivity contribution in [2.45, 2.75) is 81.7 Å². The first-order chi connectivity index (χ1) is 13.0. The lowest BCUT2D eigenvalue weighted by atomic mass is 9.98. The summed E-state index contributed by atoms with van der Waals surface area (Å²) in [5.41, 5.74) is 3.23. The summed E-state index contributed by atoms with van der Waals surface area (Å²) in [7, 11) is 0. The van der Waals surface area contributed by atoms with Gasteiger partial charge in [-0.05, 0) is 56.6 Å². The first-order valence-electron chi connectivity index (χ1n) is 9.97. The maximum atomic E-state index is 12.9. The molecule has 1 atom stereocenters. The van der Waals surface area contributed by atoms with Crippen molar-refractivity contribution < 1.29 is 4.79 Å². The molecule has 1 heterocycles. The normalized spacial score (nSPS) is 18.0. The van der Waals surface area contributed by atoms with Crippen molar-refractivity contribution in [3.8, 4) is 0 Å². The second kappa shape index (κ2) is 7.30. The van der Waals surface area contributed by atoms with Crippen LogP contribution in [-0.2, 0) is 4.79 Å². The highest BCUT2D eigenvalue weighted by atomic mass is 32.2. The first-order valence-corrected chi connectivity index (χ1v) is 10.9. The average Bonchev–Trinajstić information content (AvgIpc) is 3.55. The molecule has 1 aromatic heterocycles. The molecule has 4 rings (SSSR count). The Kier molecular flexibility index (Phi) is 5.01. The molecule has 144 valence electrons. The highest BCUT2D eigenvalue weighted by Gasteiger charge is 2.37. The van der Waals surface area contributed by atoms with Gasteiger partial charge < -0.3 is 9.88 Å². The molecule has 1 aromatic carbocycles. The third kappa shape index (κ3) is 3.91. The van der Waals surface area contributed by atoms with E-state index in [2.05, 4.69) is 46.1 Å². The van der Waals surface area contributed by atoms with Crippen molar-refractivity contribution in [1.82, 2.24) is 14.8 Å². The highest BCUT2D eigenvalue weighted by molar-refractivity contribution is 8.00. The summed E-state index contributed by atoms with van der Waals surface area (Å²) < 4.78 is 2.30. The highest BCUT2D eigenvalue weighted by Crippen LogP contribution is 2.46. The van der Waals surface area contributed by atoms with Gasteiger partial charge in [0, 0.05) is 17.6 Å². The van der Waals surface area contributed by atoms with Gasteiger partial charge in [0.1, 0.15) is 5.82 Å². The minimum absolute atomic E-state index is 0.0227. The van der Waals surface area contributed by atoms with Gasteiger partial charge in [0.25, 0.3) is 0 Å². The fourth-order valence-corrected chi connectivity index (χ4v) is 4.37. The number of carbonyl (C=O) groups excluding carboxylic acids is 1. The number of hydrogen-bond donors (Lipinski definition) is 1. The number of amides is 1. The van der Waals surface area contributed by atoms with Crippen molar-refractivity contribution in [2.75, 3.05) is 5.32 Å². The third-order valence-corrected chi connectivity index (χ3v) is 6.43. The molecule has 2 aromatic rings. The Morgan fingerprint density at radius 1 is 1.19 bits per heavy atom. The summed E-state index contributed by atoms with van der Waals surface area (Å²) in [5, 5.41) is 12.7. The number of aromatic nitrogens is 3. The Hall–Kier alpha value is -1.82. The lowest BCUT2D eigenvalue weighted by Crippen LogP contribution is -2.24. The van der Waals surface area contributed by atoms with E-state index in [-0.39, 0.29) is 11.2 Å². The zero-order chi connectivity index (χ0) is 19.1. The fraction of sp³-hybridized carbons (Fsp3) is 0.571. The monoisotopic (exact) mass is 384 g/mol. The van der Waals surface area contributed by atoms with Crippen molar-refractivity contribution in [3.05, 3.63) is 35.2 Å². The Balaban J connectivity index is 1.50. The fourth-order valence-electron chi connectivity index (χ4n) is 3.44. The first kappa shape index (κ1) is 18.5. The van der Waals surface area contributed by atoms with Gasteiger partial charge in [-0.1, -0.05) is 43.8 Å². The molecule has 1 N–H and O–H groups in total. The SMILES string of the molecule is Cc1cccc(C(C)C)c1NC(=O)[C@@H](C)Sc1nnc(C2CC2)n1C1CC1. The molecule has 0 unspecified atom stereocenters. The number of aryl methyl sites for hydroxylation is 1. The molecule has 2 aliphatic rings. The van der Waals surface area contributed by atoms with Crippen LogP contribution < -0.4 is 5.32 Å². The van der Waals surface area contributed by atoms with Crippen molar-refractivity contribution in [1.29, 1.82) is 0 Å². The maximum Gasteiger partial charge on any atom is 0.237 e. The van der Waals surface area contributed by atoms with Crippen molar-refractivity contribution in [3.63, 3.8) is 0 Å². The predicted molar refractivity (Wildman–Crippen MR) is 109 cm³/mol. The second-order valence-electron chi connectivity index (χ2n) is 8.16. The van der Waals surface area contributed by atoms with Crippen LogP contribution >= 0.6 is 11.8 Å². The molecule has 1 amide bonds. The van der Waals surface area contributed by atoms with E-state index in [4.69, 9.17) is 0 Å². The number of para-hydroxylation sites is 1. The van der Waals surface area contributed by atoms with E-state index >= 15 is 0 Å². The van der Waals surface area contributed by atoms with Crippen LogP contribution in [0.25, 0.3) is 0 Å². The summed E-state index contributed by atoms with van der Waals surface area (Å²) in [4.78, 5) is 12.9. The molecule has 27 heavy (non-hydrogen) atoms. The topological polar surface area (TPSA) is 59.8 Å². The molecule has 2 saturated carbocycles. The van der Waals surface area contributed by atoms with E-state index in [1.54, 1.807) is 0 Å². The molecule has 5 nitrogen and oxygen atoms in total. The number of nitrogens with one attached hydrogen (secondary N) is 1. The van der Waals surface area contributed by atoms with Crippen LogP contribution in [0.2, 0.25) is 0 Å². The number of rotatable bonds is 7. The van der Waals surface area contributed by atoms with Crippen LogP contribution in [0.1, 0.15) is 81.3 Å². The van der Waals surface area contributed by atoms with Crippen LogP contribution in [0.15, 0.2) is 23.4 Å². The molecule has 2 fully saturated rings. The third-order valence-electron chi connectivity index (χ3n) is 5.37. The van der Waals surface area contributed by atoms with E-state index in [0.717, 1.165) is 22.2 Å². The number of benzene rings is 1. The summed E-state index contributed by atoms with van der Waals surface area (Å²) in [6.45, 7) is 8.31. The van der Waals surface area contributed by atoms with Crippen LogP contribution in [-0.4, -0.2) is 25.9 Å². The number of hydrogen-bond acceptors (Lipinski definition) is 4. The summed E-state index contributed by atoms with van der Waals surface area (Å²) in [5.74, 6) is 2.10. The summed E-state index contributed by atoms with van der Waals surface area (Å²) in [6.07, 6.45) is 4.84. The van der Waals surface area contributed by atoms with Gasteiger partial charge >= 0.3 is 0 Å². The smallest absolute Gasteiger partial charge is 0.237 e. The zero-order valence-electron chi connectivity index (χ0n) is 16.5. The predicted octanol–water partition coefficient (Wildman–Crippen LogP) is 5.04. The van der Waals surface area contributed by atoms with Crippen LogP contribution in [0.4, 0.5) is 5.69 Å². The summed E-state index contributed by atoms with van der Waals surface area (Å²) >= 11 is 1.53. The van der Waals surface area contributed by atoms with Crippen molar-refractivity contribution >= 4 is 23.4 Å². The number of nitrogens with zero attached hydrogens (tertiary/aromatic N) is 3. The Labute approximate surface area is 165 Å². The number of carbonyl (C=O) groups is 1. The van der Waals surface area contributed by atoms with E-state index in [0.29, 0.717) is 17.9 Å². The average molecular weight is 385 g/mol. The molecule has 0 aliphatic heterocycles. The van der Waals surface area contributed by atoms with E-state index in [9.17, 15) is 4.79 Å². The number of anilines is 1. The van der Waals surface area contributed by atoms with Crippen LogP contribution in [0.3, 0.4) is 0 Å². The zero-order valence-corrected chi connectivity index (χ0v) is 17.3. The molecule has 0 saturated heterocycles. The lowest BCUT2D eigenvalue weighted by molar-refractivity contribution is -0.115. The standard InChI is InChI=1S/C21H28N4OS/c1-12(2)17-7-5-6-13(3)18(17)22-20(26)14(4)27-21-24-23-19(15-8-9-15)25(21)16-10-11-16/h5-7,12,14-16H,8-11H2,1-4H3,(H,22,26)/t14-/m1/s1. The molecule has 0 bridgehead atoms. The maximum absolute atomic E-state index is 12.9. The van der Waals surface area contributed by atoms with E-state index in [1.165, 1.54) is 43.0 Å². The van der Waals surface area contributed by atoms with Gasteiger partial charge in [-0.25, -0.2) is 0 Å². The van der Waals surface area contributed by atoms with Gasteiger partial charge in [-0.3, -0.25) is 4.79 Å². The lowest BCUT2D eigenvalue weighted by Gasteiger charge is -2.18. The number of thioether (sulfide) groups is 1. The summed E-state index contributed by atoms with van der Waals surface area (Å²) in [6, 6.07) is 6.73. The van der Waals surface area contributed by atoms with Crippen LogP contribution in [0.5, 0.6) is 0 Å². The van der Waals surface area contributed by atoms with E-state index in [1.807, 2.05) is 19.9 Å². The van der Waals surface area contributed by atoms with Gasteiger partial charge in [0.05, 0.1) is 5.25 Å². The quantitative estimate of drug-likeness (QED) is 0.679. The molecule has 2 aliphatic carbocycles. The second-order valence-corrected chi connectivity index (χ2v) is 9.47. The molecular formula is C21H28N4OS. The molecule has 6 heteroatoms. The Bertz CT molecular complexity index is 852.